The van der Waals surface area contributed by atoms with Crippen LogP contribution in [0.1, 0.15) is 342 Å². The second kappa shape index (κ2) is 61.9. The molecule has 0 aromatic heterocycles. The van der Waals surface area contributed by atoms with Crippen LogP contribution in [0.3, 0.4) is 0 Å². The van der Waals surface area contributed by atoms with E-state index in [2.05, 4.69) is 69.4 Å². The van der Waals surface area contributed by atoms with Crippen molar-refractivity contribution in [2.45, 2.75) is 348 Å². The van der Waals surface area contributed by atoms with E-state index in [9.17, 15) is 14.4 Å². The van der Waals surface area contributed by atoms with Crippen molar-refractivity contribution in [1.82, 2.24) is 0 Å². The number of carbonyl (C=O) groups excluding carboxylic acids is 3. The molecule has 1 unspecified atom stereocenters. The van der Waals surface area contributed by atoms with Crippen LogP contribution in [-0.2, 0) is 28.6 Å². The molecule has 0 bridgehead atoms. The number of unbranched alkanes of at least 4 members (excludes halogenated alkanes) is 40. The Morgan fingerprint density at radius 3 is 0.863 bits per heavy atom. The van der Waals surface area contributed by atoms with Crippen molar-refractivity contribution in [2.75, 3.05) is 13.2 Å². The zero-order valence-corrected chi connectivity index (χ0v) is 48.9. The van der Waals surface area contributed by atoms with Crippen molar-refractivity contribution in [2.24, 2.45) is 0 Å². The molecule has 0 aliphatic heterocycles. The number of ether oxygens (including phenoxy) is 3. The molecule has 6 nitrogen and oxygen atoms in total. The Hall–Kier alpha value is -2.63. The quantitative estimate of drug-likeness (QED) is 0.0261. The van der Waals surface area contributed by atoms with Crippen LogP contribution in [0.4, 0.5) is 0 Å². The Kier molecular flexibility index (Phi) is 59.7. The molecule has 0 aromatic carbocycles. The van der Waals surface area contributed by atoms with Crippen LogP contribution in [0.15, 0.2) is 48.6 Å². The minimum atomic E-state index is -0.784. The van der Waals surface area contributed by atoms with E-state index in [1.54, 1.807) is 0 Å². The van der Waals surface area contributed by atoms with Gasteiger partial charge < -0.3 is 14.2 Å². The van der Waals surface area contributed by atoms with Gasteiger partial charge in [0.15, 0.2) is 6.10 Å². The first-order valence-corrected chi connectivity index (χ1v) is 32.1. The van der Waals surface area contributed by atoms with Crippen molar-refractivity contribution >= 4 is 17.9 Å². The van der Waals surface area contributed by atoms with E-state index >= 15 is 0 Å². The summed E-state index contributed by atoms with van der Waals surface area (Å²) in [5, 5.41) is 0. The highest BCUT2D eigenvalue weighted by Crippen LogP contribution is 2.17. The number of hydrogen-bond donors (Lipinski definition) is 0. The first-order chi connectivity index (χ1) is 36.0. The van der Waals surface area contributed by atoms with Gasteiger partial charge in [0.05, 0.1) is 0 Å². The van der Waals surface area contributed by atoms with Gasteiger partial charge in [-0.3, -0.25) is 14.4 Å². The van der Waals surface area contributed by atoms with Gasteiger partial charge in [-0.05, 0) is 77.0 Å². The van der Waals surface area contributed by atoms with E-state index in [-0.39, 0.29) is 31.1 Å². The normalized spacial score (nSPS) is 12.3. The Morgan fingerprint density at radius 1 is 0.288 bits per heavy atom. The monoisotopic (exact) mass is 1020 g/mol. The maximum atomic E-state index is 12.8. The molecule has 0 N–H and O–H groups in total. The molecule has 0 aliphatic rings. The molecule has 6 heteroatoms. The van der Waals surface area contributed by atoms with Gasteiger partial charge in [0.2, 0.25) is 0 Å². The smallest absolute Gasteiger partial charge is 0.306 e. The predicted molar refractivity (Wildman–Crippen MR) is 316 cm³/mol. The van der Waals surface area contributed by atoms with E-state index in [4.69, 9.17) is 14.2 Å². The zero-order chi connectivity index (χ0) is 52.9. The van der Waals surface area contributed by atoms with Crippen LogP contribution >= 0.6 is 0 Å². The maximum absolute atomic E-state index is 12.8. The first kappa shape index (κ1) is 70.4. The van der Waals surface area contributed by atoms with Crippen LogP contribution in [0, 0.1) is 0 Å². The fourth-order valence-electron chi connectivity index (χ4n) is 9.51. The minimum absolute atomic E-state index is 0.0809. The lowest BCUT2D eigenvalue weighted by Gasteiger charge is -2.18. The third-order valence-electron chi connectivity index (χ3n) is 14.3. The van der Waals surface area contributed by atoms with Gasteiger partial charge >= 0.3 is 17.9 Å². The first-order valence-electron chi connectivity index (χ1n) is 32.1. The molecule has 0 radical (unpaired) electrons. The van der Waals surface area contributed by atoms with Gasteiger partial charge in [0.25, 0.3) is 0 Å². The number of esters is 3. The molecule has 0 aromatic rings. The van der Waals surface area contributed by atoms with E-state index in [1.807, 2.05) is 0 Å². The Balaban J connectivity index is 4.07. The highest BCUT2D eigenvalue weighted by atomic mass is 16.6. The number of carbonyl (C=O) groups is 3. The Bertz CT molecular complexity index is 1270. The summed E-state index contributed by atoms with van der Waals surface area (Å²) in [6.07, 6.45) is 77.2. The van der Waals surface area contributed by atoms with Gasteiger partial charge in [-0.2, -0.15) is 0 Å². The molecule has 0 heterocycles. The van der Waals surface area contributed by atoms with E-state index < -0.39 is 6.10 Å². The lowest BCUT2D eigenvalue weighted by atomic mass is 10.0. The largest absolute Gasteiger partial charge is 0.462 e. The fraction of sp³-hybridized carbons (Fsp3) is 0.836. The maximum Gasteiger partial charge on any atom is 0.306 e. The number of rotatable bonds is 59. The van der Waals surface area contributed by atoms with Gasteiger partial charge in [0.1, 0.15) is 13.2 Å². The van der Waals surface area contributed by atoms with Crippen LogP contribution in [0.5, 0.6) is 0 Å². The summed E-state index contributed by atoms with van der Waals surface area (Å²) in [5.41, 5.74) is 0. The van der Waals surface area contributed by atoms with Crippen molar-refractivity contribution in [1.29, 1.82) is 0 Å². The molecular weight excluding hydrogens is 901 g/mol. The summed E-state index contributed by atoms with van der Waals surface area (Å²) in [7, 11) is 0. The number of hydrogen-bond acceptors (Lipinski definition) is 6. The Labute approximate surface area is 454 Å². The molecule has 73 heavy (non-hydrogen) atoms. The molecular formula is C67H122O6. The van der Waals surface area contributed by atoms with Crippen molar-refractivity contribution in [3.63, 3.8) is 0 Å². The summed E-state index contributed by atoms with van der Waals surface area (Å²) < 4.78 is 16.8. The molecule has 0 saturated heterocycles. The molecule has 0 rings (SSSR count). The molecule has 426 valence electrons. The predicted octanol–water partition coefficient (Wildman–Crippen LogP) is 21.8. The average Bonchev–Trinajstić information content (AvgIpc) is 3.39. The topological polar surface area (TPSA) is 78.9 Å². The summed E-state index contributed by atoms with van der Waals surface area (Å²) in [6.45, 7) is 6.53. The second-order valence-corrected chi connectivity index (χ2v) is 21.6. The minimum Gasteiger partial charge on any atom is -0.462 e. The van der Waals surface area contributed by atoms with Crippen LogP contribution in [-0.4, -0.2) is 37.2 Å². The van der Waals surface area contributed by atoms with E-state index in [0.717, 1.165) is 83.5 Å². The van der Waals surface area contributed by atoms with Gasteiger partial charge in [-0.1, -0.05) is 294 Å². The van der Waals surface area contributed by atoms with Crippen LogP contribution in [0.2, 0.25) is 0 Å². The summed E-state index contributed by atoms with van der Waals surface area (Å²) in [6, 6.07) is 0. The van der Waals surface area contributed by atoms with Gasteiger partial charge in [-0.25, -0.2) is 0 Å². The standard InChI is InChI=1S/C67H122O6/c1-4-7-10-13-16-19-22-24-25-26-27-28-29-30-31-32-33-34-35-36-37-38-39-40-41-43-45-48-51-54-57-60-66(69)72-63-64(62-71-65(68)59-56-53-50-47-44-21-18-15-12-9-6-3)73-67(70)61-58-55-52-49-46-42-23-20-17-14-11-8-5-2/h8,11,17,20,26-27,42,46,64H,4-7,9-10,12-16,18-19,21-25,28-41,43-45,47-63H2,1-3H3/b11-8-,20-17-,27-26-,46-42-. The second-order valence-electron chi connectivity index (χ2n) is 21.6. The third kappa shape index (κ3) is 60.1. The third-order valence-corrected chi connectivity index (χ3v) is 14.3. The SMILES string of the molecule is CC/C=C\C/C=C\C/C=C\CCCCCC(=O)OC(COC(=O)CCCCCCCCCCCCC)COC(=O)CCCCCCCCCCCCCCCCCCCCC/C=C\CCCCCCCCCC. The highest BCUT2D eigenvalue weighted by Gasteiger charge is 2.19. The van der Waals surface area contributed by atoms with Gasteiger partial charge in [-0.15, -0.1) is 0 Å². The lowest BCUT2D eigenvalue weighted by molar-refractivity contribution is -0.167. The molecule has 0 spiro atoms. The van der Waals surface area contributed by atoms with E-state index in [0.29, 0.717) is 19.3 Å². The zero-order valence-electron chi connectivity index (χ0n) is 48.9. The van der Waals surface area contributed by atoms with E-state index in [1.165, 1.54) is 218 Å². The molecule has 1 atom stereocenters. The molecule has 0 aliphatic carbocycles. The van der Waals surface area contributed by atoms with Crippen molar-refractivity contribution in [3.8, 4) is 0 Å². The van der Waals surface area contributed by atoms with Crippen molar-refractivity contribution < 1.29 is 28.6 Å². The highest BCUT2D eigenvalue weighted by molar-refractivity contribution is 5.71. The average molecular weight is 1020 g/mol. The summed E-state index contributed by atoms with van der Waals surface area (Å²) in [5.74, 6) is -0.894. The summed E-state index contributed by atoms with van der Waals surface area (Å²) in [4.78, 5) is 38.1. The van der Waals surface area contributed by atoms with Gasteiger partial charge in [0, 0.05) is 19.3 Å². The number of allylic oxidation sites excluding steroid dienone is 8. The molecule has 0 fully saturated rings. The summed E-state index contributed by atoms with van der Waals surface area (Å²) >= 11 is 0. The van der Waals surface area contributed by atoms with Crippen LogP contribution in [0.25, 0.3) is 0 Å². The van der Waals surface area contributed by atoms with Crippen molar-refractivity contribution in [3.05, 3.63) is 48.6 Å². The molecule has 0 saturated carbocycles. The fourth-order valence-corrected chi connectivity index (χ4v) is 9.51. The Morgan fingerprint density at radius 2 is 0.534 bits per heavy atom. The molecule has 0 amide bonds. The lowest BCUT2D eigenvalue weighted by Crippen LogP contribution is -2.30. The van der Waals surface area contributed by atoms with Crippen LogP contribution < -0.4 is 0 Å².